The normalized spacial score (nSPS) is 14.7. The van der Waals surface area contributed by atoms with Crippen molar-refractivity contribution in [1.82, 2.24) is 0 Å². The van der Waals surface area contributed by atoms with Gasteiger partial charge in [0, 0.05) is 22.4 Å². The summed E-state index contributed by atoms with van der Waals surface area (Å²) in [4.78, 5) is 2.44. The molecular weight excluding hydrogens is 891 g/mol. The van der Waals surface area contributed by atoms with E-state index in [1.165, 1.54) is 99.8 Å². The SMILES string of the molecule is CC1(c2ccccc2)c2ccccc2-c2ccc(-c3ccc(N(c4ccc(-c5ccc6ccccc6c5)cc4)c4ccccc4-c4ccc5c(c4)C(c4ccccc4)(c4ccccc4)c4ccccc4-5)cc3)cc21. The third-order valence-corrected chi connectivity index (χ3v) is 16.2. The number of fused-ring (bicyclic) bond motifs is 7. The molecule has 74 heavy (non-hydrogen) atoms. The summed E-state index contributed by atoms with van der Waals surface area (Å²) in [5.41, 5.74) is 23.9. The molecule has 14 rings (SSSR count). The Hall–Kier alpha value is -9.30. The van der Waals surface area contributed by atoms with Crippen molar-refractivity contribution in [3.05, 3.63) is 330 Å². The lowest BCUT2D eigenvalue weighted by Gasteiger charge is -2.34. The fourth-order valence-electron chi connectivity index (χ4n) is 12.7. The molecule has 12 aromatic rings. The van der Waals surface area contributed by atoms with Crippen LogP contribution in [0.2, 0.25) is 0 Å². The van der Waals surface area contributed by atoms with Crippen LogP contribution < -0.4 is 4.90 Å². The average Bonchev–Trinajstić information content (AvgIpc) is 4.02. The number of para-hydroxylation sites is 1. The van der Waals surface area contributed by atoms with E-state index in [0.29, 0.717) is 0 Å². The molecule has 2 aliphatic rings. The predicted octanol–water partition coefficient (Wildman–Crippen LogP) is 19.0. The first-order valence-electron chi connectivity index (χ1n) is 25.8. The highest BCUT2D eigenvalue weighted by atomic mass is 15.1. The summed E-state index contributed by atoms with van der Waals surface area (Å²) in [5, 5.41) is 2.48. The molecule has 348 valence electrons. The maximum atomic E-state index is 2.48. The summed E-state index contributed by atoms with van der Waals surface area (Å²) in [6.45, 7) is 2.39. The quantitative estimate of drug-likeness (QED) is 0.139. The van der Waals surface area contributed by atoms with Crippen LogP contribution in [0.1, 0.15) is 45.9 Å². The Morgan fingerprint density at radius 1 is 0.257 bits per heavy atom. The Bertz CT molecular complexity index is 4020. The van der Waals surface area contributed by atoms with E-state index in [1.54, 1.807) is 0 Å². The van der Waals surface area contributed by atoms with Crippen LogP contribution in [-0.4, -0.2) is 0 Å². The summed E-state index contributed by atoms with van der Waals surface area (Å²) < 4.78 is 0. The smallest absolute Gasteiger partial charge is 0.0713 e. The number of benzene rings is 12. The van der Waals surface area contributed by atoms with E-state index in [9.17, 15) is 0 Å². The van der Waals surface area contributed by atoms with E-state index in [0.717, 1.165) is 22.6 Å². The van der Waals surface area contributed by atoms with Gasteiger partial charge >= 0.3 is 0 Å². The first-order valence-corrected chi connectivity index (χ1v) is 25.8. The Morgan fingerprint density at radius 2 is 0.676 bits per heavy atom. The maximum Gasteiger partial charge on any atom is 0.0713 e. The second-order valence-electron chi connectivity index (χ2n) is 20.1. The van der Waals surface area contributed by atoms with Gasteiger partial charge in [-0.15, -0.1) is 0 Å². The van der Waals surface area contributed by atoms with Crippen LogP contribution in [0.25, 0.3) is 66.4 Å². The predicted molar refractivity (Wildman–Crippen MR) is 310 cm³/mol. The Morgan fingerprint density at radius 3 is 1.31 bits per heavy atom. The first kappa shape index (κ1) is 43.5. The highest BCUT2D eigenvalue weighted by Gasteiger charge is 2.46. The first-order chi connectivity index (χ1) is 36.6. The van der Waals surface area contributed by atoms with Crippen molar-refractivity contribution in [2.45, 2.75) is 17.8 Å². The molecule has 0 amide bonds. The molecule has 2 aliphatic carbocycles. The van der Waals surface area contributed by atoms with Crippen molar-refractivity contribution in [3.63, 3.8) is 0 Å². The zero-order valence-electron chi connectivity index (χ0n) is 41.2. The van der Waals surface area contributed by atoms with Gasteiger partial charge in [0.15, 0.2) is 0 Å². The van der Waals surface area contributed by atoms with Gasteiger partial charge in [-0.1, -0.05) is 243 Å². The number of nitrogens with zero attached hydrogens (tertiary/aromatic N) is 1. The lowest BCUT2D eigenvalue weighted by atomic mass is 9.67. The van der Waals surface area contributed by atoms with Crippen LogP contribution in [0.3, 0.4) is 0 Å². The van der Waals surface area contributed by atoms with Gasteiger partial charge in [0.2, 0.25) is 0 Å². The molecule has 0 aliphatic heterocycles. The minimum Gasteiger partial charge on any atom is -0.310 e. The molecule has 1 unspecified atom stereocenters. The van der Waals surface area contributed by atoms with Crippen LogP contribution in [0, 0.1) is 0 Å². The molecule has 12 aromatic carbocycles. The Labute approximate surface area is 434 Å². The Kier molecular flexibility index (Phi) is 10.3. The summed E-state index contributed by atoms with van der Waals surface area (Å²) in [7, 11) is 0. The minimum absolute atomic E-state index is 0.273. The maximum absolute atomic E-state index is 2.48. The van der Waals surface area contributed by atoms with E-state index in [4.69, 9.17) is 0 Å². The van der Waals surface area contributed by atoms with Crippen molar-refractivity contribution in [2.24, 2.45) is 0 Å². The van der Waals surface area contributed by atoms with Gasteiger partial charge in [0.25, 0.3) is 0 Å². The molecule has 0 aromatic heterocycles. The minimum atomic E-state index is -0.508. The van der Waals surface area contributed by atoms with E-state index in [2.05, 4.69) is 303 Å². The second kappa shape index (κ2) is 17.5. The summed E-state index contributed by atoms with van der Waals surface area (Å²) in [5.74, 6) is 0. The van der Waals surface area contributed by atoms with Gasteiger partial charge in [-0.25, -0.2) is 0 Å². The Balaban J connectivity index is 0.913. The summed E-state index contributed by atoms with van der Waals surface area (Å²) in [6.07, 6.45) is 0. The third-order valence-electron chi connectivity index (χ3n) is 16.2. The molecule has 1 atom stereocenters. The van der Waals surface area contributed by atoms with Crippen molar-refractivity contribution in [2.75, 3.05) is 4.90 Å². The van der Waals surface area contributed by atoms with E-state index < -0.39 is 5.41 Å². The second-order valence-corrected chi connectivity index (χ2v) is 20.1. The molecule has 0 N–H and O–H groups in total. The average molecular weight is 942 g/mol. The van der Waals surface area contributed by atoms with Crippen LogP contribution in [0.4, 0.5) is 17.1 Å². The molecule has 0 spiro atoms. The molecule has 0 fully saturated rings. The van der Waals surface area contributed by atoms with Crippen LogP contribution in [0.5, 0.6) is 0 Å². The summed E-state index contributed by atoms with van der Waals surface area (Å²) in [6, 6.07) is 108. The third kappa shape index (κ3) is 6.78. The zero-order valence-corrected chi connectivity index (χ0v) is 41.2. The van der Waals surface area contributed by atoms with Crippen molar-refractivity contribution in [3.8, 4) is 55.6 Å². The monoisotopic (exact) mass is 941 g/mol. The largest absolute Gasteiger partial charge is 0.310 e. The fraction of sp³-hybridized carbons (Fsp3) is 0.0411. The van der Waals surface area contributed by atoms with Gasteiger partial charge in [0.1, 0.15) is 0 Å². The van der Waals surface area contributed by atoms with Gasteiger partial charge < -0.3 is 4.90 Å². The number of hydrogen-bond acceptors (Lipinski definition) is 1. The van der Waals surface area contributed by atoms with Gasteiger partial charge in [-0.2, -0.15) is 0 Å². The van der Waals surface area contributed by atoms with E-state index in [1.807, 2.05) is 0 Å². The molecule has 1 nitrogen and oxygen atoms in total. The van der Waals surface area contributed by atoms with Crippen molar-refractivity contribution < 1.29 is 0 Å². The highest BCUT2D eigenvalue weighted by molar-refractivity contribution is 5.94. The zero-order chi connectivity index (χ0) is 49.2. The van der Waals surface area contributed by atoms with Gasteiger partial charge in [-0.3, -0.25) is 0 Å². The van der Waals surface area contributed by atoms with Crippen LogP contribution >= 0.6 is 0 Å². The number of rotatable bonds is 9. The number of anilines is 3. The lowest BCUT2D eigenvalue weighted by molar-refractivity contribution is 0.714. The molecular formula is C73H51N. The van der Waals surface area contributed by atoms with Crippen molar-refractivity contribution in [1.29, 1.82) is 0 Å². The van der Waals surface area contributed by atoms with Gasteiger partial charge in [-0.05, 0) is 155 Å². The van der Waals surface area contributed by atoms with Gasteiger partial charge in [0.05, 0.1) is 11.1 Å². The summed E-state index contributed by atoms with van der Waals surface area (Å²) >= 11 is 0. The molecule has 0 saturated heterocycles. The van der Waals surface area contributed by atoms with Crippen LogP contribution in [0.15, 0.2) is 291 Å². The molecule has 0 heterocycles. The standard InChI is InChI=1S/C73H51N/c1-72(57-21-5-2-6-22-57)67-30-16-13-28-63(67)65-45-39-55(48-69(65)72)52-37-43-61(44-38-52)74(60-41-35-51(36-42-60)54-34-33-50-19-11-12-20-53(50)47-54)71-32-18-15-27-62(71)56-40-46-66-64-29-14-17-31-68(64)73(70(66)49-56,58-23-7-3-8-24-58)59-25-9-4-10-26-59/h2-49H,1H3. The van der Waals surface area contributed by atoms with E-state index >= 15 is 0 Å². The number of hydrogen-bond donors (Lipinski definition) is 0. The van der Waals surface area contributed by atoms with E-state index in [-0.39, 0.29) is 5.41 Å². The molecule has 0 saturated carbocycles. The van der Waals surface area contributed by atoms with Crippen LogP contribution in [-0.2, 0) is 10.8 Å². The molecule has 0 radical (unpaired) electrons. The lowest BCUT2D eigenvalue weighted by Crippen LogP contribution is -2.28. The van der Waals surface area contributed by atoms with Crippen molar-refractivity contribution >= 4 is 27.8 Å². The highest BCUT2D eigenvalue weighted by Crippen LogP contribution is 2.58. The topological polar surface area (TPSA) is 3.24 Å². The fourth-order valence-corrected chi connectivity index (χ4v) is 12.7. The molecule has 0 bridgehead atoms. The molecule has 1 heteroatoms.